The molecule has 5 rings (SSSR count). The number of likely N-dealkylation sites (N-methyl/N-ethyl adjacent to an activating group) is 1. The second-order valence-electron chi connectivity index (χ2n) is 8.18. The topological polar surface area (TPSA) is 51.2 Å². The lowest BCUT2D eigenvalue weighted by Gasteiger charge is -2.52. The molecule has 0 radical (unpaired) electrons. The van der Waals surface area contributed by atoms with E-state index in [0.717, 1.165) is 50.1 Å². The van der Waals surface area contributed by atoms with Crippen molar-refractivity contribution in [3.8, 4) is 11.5 Å². The monoisotopic (exact) mass is 345 g/mol. The van der Waals surface area contributed by atoms with E-state index < -0.39 is 5.79 Å². The summed E-state index contributed by atoms with van der Waals surface area (Å²) in [4.78, 5) is 2.48. The maximum Gasteiger partial charge on any atom is 0.222 e. The number of rotatable bonds is 2. The van der Waals surface area contributed by atoms with Crippen LogP contribution in [0, 0.1) is 0 Å². The molecule has 2 heterocycles. The normalized spacial score (nSPS) is 38.7. The Morgan fingerprint density at radius 1 is 1.28 bits per heavy atom. The van der Waals surface area contributed by atoms with Gasteiger partial charge in [0, 0.05) is 31.7 Å². The highest BCUT2D eigenvalue weighted by molar-refractivity contribution is 5.64. The van der Waals surface area contributed by atoms with Crippen LogP contribution < -0.4 is 9.47 Å². The van der Waals surface area contributed by atoms with Crippen molar-refractivity contribution in [2.45, 2.75) is 61.9 Å². The molecule has 1 N–H and O–H groups in total. The van der Waals surface area contributed by atoms with Crippen LogP contribution in [0.5, 0.6) is 11.5 Å². The van der Waals surface area contributed by atoms with Gasteiger partial charge in [0.15, 0.2) is 11.5 Å². The lowest BCUT2D eigenvalue weighted by Crippen LogP contribution is -2.59. The minimum atomic E-state index is -0.767. The molecule has 1 saturated carbocycles. The molecular formula is C20H27NO4. The van der Waals surface area contributed by atoms with Gasteiger partial charge in [-0.1, -0.05) is 0 Å². The summed E-state index contributed by atoms with van der Waals surface area (Å²) in [5.74, 6) is 0.909. The van der Waals surface area contributed by atoms with E-state index in [2.05, 4.69) is 18.0 Å². The number of benzene rings is 1. The fourth-order valence-corrected chi connectivity index (χ4v) is 6.04. The van der Waals surface area contributed by atoms with E-state index in [1.54, 1.807) is 14.2 Å². The highest BCUT2D eigenvalue weighted by Crippen LogP contribution is 2.66. The van der Waals surface area contributed by atoms with E-state index >= 15 is 0 Å². The molecule has 5 heteroatoms. The summed E-state index contributed by atoms with van der Waals surface area (Å²) in [6.45, 7) is 1.08. The Hall–Kier alpha value is -1.30. The van der Waals surface area contributed by atoms with Crippen molar-refractivity contribution in [2.24, 2.45) is 0 Å². The average Bonchev–Trinajstić information content (AvgIpc) is 2.93. The van der Waals surface area contributed by atoms with Crippen molar-refractivity contribution in [1.29, 1.82) is 0 Å². The first-order valence-corrected chi connectivity index (χ1v) is 9.42. The third kappa shape index (κ3) is 1.79. The third-order valence-electron chi connectivity index (χ3n) is 7.25. The van der Waals surface area contributed by atoms with Crippen molar-refractivity contribution in [3.63, 3.8) is 0 Å². The summed E-state index contributed by atoms with van der Waals surface area (Å²) < 4.78 is 18.3. The first-order chi connectivity index (χ1) is 12.0. The predicted molar refractivity (Wildman–Crippen MR) is 93.2 cm³/mol. The van der Waals surface area contributed by atoms with Gasteiger partial charge in [-0.05, 0) is 56.3 Å². The molecule has 1 aromatic carbocycles. The Bertz CT molecular complexity index is 735. The Kier molecular flexibility index (Phi) is 3.26. The molecule has 2 aliphatic carbocycles. The Morgan fingerprint density at radius 3 is 2.84 bits per heavy atom. The Balaban J connectivity index is 1.80. The van der Waals surface area contributed by atoms with Gasteiger partial charge in [0.2, 0.25) is 5.79 Å². The van der Waals surface area contributed by atoms with Crippen LogP contribution in [0.1, 0.15) is 54.8 Å². The molecule has 0 saturated heterocycles. The van der Waals surface area contributed by atoms with Gasteiger partial charge >= 0.3 is 0 Å². The summed E-state index contributed by atoms with van der Waals surface area (Å²) in [7, 11) is 5.67. The van der Waals surface area contributed by atoms with Crippen molar-refractivity contribution < 1.29 is 19.3 Å². The molecule has 1 fully saturated rings. The maximum absolute atomic E-state index is 10.4. The molecule has 25 heavy (non-hydrogen) atoms. The molecule has 0 bridgehead atoms. The van der Waals surface area contributed by atoms with Crippen molar-refractivity contribution in [2.75, 3.05) is 27.8 Å². The lowest BCUT2D eigenvalue weighted by molar-refractivity contribution is -0.234. The molecule has 5 nitrogen and oxygen atoms in total. The number of hydrogen-bond donors (Lipinski definition) is 1. The van der Waals surface area contributed by atoms with Crippen molar-refractivity contribution in [3.05, 3.63) is 22.8 Å². The zero-order valence-electron chi connectivity index (χ0n) is 15.3. The number of hydrogen-bond acceptors (Lipinski definition) is 5. The predicted octanol–water partition coefficient (Wildman–Crippen LogP) is 2.54. The second kappa shape index (κ2) is 5.12. The molecule has 1 spiro atoms. The SMILES string of the molecule is COc1cc2c3c4c1OC1(OC)CC(O)CCC41CCC3N(C)CC2. The average molecular weight is 345 g/mol. The largest absolute Gasteiger partial charge is 0.493 e. The quantitative estimate of drug-likeness (QED) is 0.893. The van der Waals surface area contributed by atoms with Gasteiger partial charge in [0.25, 0.3) is 0 Å². The molecule has 136 valence electrons. The number of methoxy groups -OCH3 is 2. The van der Waals surface area contributed by atoms with Crippen molar-refractivity contribution in [1.82, 2.24) is 4.90 Å². The van der Waals surface area contributed by atoms with Crippen molar-refractivity contribution >= 4 is 0 Å². The van der Waals surface area contributed by atoms with Crippen LogP contribution in [0.4, 0.5) is 0 Å². The molecule has 1 aromatic rings. The van der Waals surface area contributed by atoms with Gasteiger partial charge in [-0.3, -0.25) is 4.90 Å². The molecule has 4 unspecified atom stereocenters. The molecule has 0 amide bonds. The van der Waals surface area contributed by atoms with Crippen LogP contribution in [0.15, 0.2) is 6.07 Å². The summed E-state index contributed by atoms with van der Waals surface area (Å²) >= 11 is 0. The number of nitrogens with zero attached hydrogens (tertiary/aromatic N) is 1. The van der Waals surface area contributed by atoms with Gasteiger partial charge < -0.3 is 19.3 Å². The molecular weight excluding hydrogens is 318 g/mol. The summed E-state index contributed by atoms with van der Waals surface area (Å²) in [5.41, 5.74) is 4.01. The van der Waals surface area contributed by atoms with Gasteiger partial charge in [-0.15, -0.1) is 0 Å². The van der Waals surface area contributed by atoms with Gasteiger partial charge in [0.1, 0.15) is 0 Å². The minimum absolute atomic E-state index is 0.163. The van der Waals surface area contributed by atoms with E-state index in [4.69, 9.17) is 14.2 Å². The lowest BCUT2D eigenvalue weighted by atomic mass is 9.57. The molecule has 4 aliphatic rings. The standard InChI is InChI=1S/C20H27NO4/c1-21-9-6-12-10-15(23-2)18-17-16(12)14(21)5-8-19(17)7-4-13(22)11-20(19,24-3)25-18/h10,13-14,22H,4-9,11H2,1-3H3. The van der Waals surface area contributed by atoms with Gasteiger partial charge in [0.05, 0.1) is 18.6 Å². The van der Waals surface area contributed by atoms with E-state index in [1.165, 1.54) is 16.7 Å². The highest BCUT2D eigenvalue weighted by Gasteiger charge is 2.66. The third-order valence-corrected chi connectivity index (χ3v) is 7.25. The highest BCUT2D eigenvalue weighted by atomic mass is 16.7. The Morgan fingerprint density at radius 2 is 2.08 bits per heavy atom. The van der Waals surface area contributed by atoms with Crippen LogP contribution in [0.3, 0.4) is 0 Å². The fourth-order valence-electron chi connectivity index (χ4n) is 6.04. The second-order valence-corrected chi connectivity index (χ2v) is 8.18. The first kappa shape index (κ1) is 15.9. The minimum Gasteiger partial charge on any atom is -0.493 e. The van der Waals surface area contributed by atoms with Crippen LogP contribution >= 0.6 is 0 Å². The molecule has 0 aromatic heterocycles. The van der Waals surface area contributed by atoms with Crippen LogP contribution in [0.2, 0.25) is 0 Å². The first-order valence-electron chi connectivity index (χ1n) is 9.42. The van der Waals surface area contributed by atoms with Crippen LogP contribution in [0.25, 0.3) is 0 Å². The maximum atomic E-state index is 10.4. The number of aliphatic hydroxyl groups excluding tert-OH is 1. The van der Waals surface area contributed by atoms with Gasteiger partial charge in [-0.2, -0.15) is 0 Å². The van der Waals surface area contributed by atoms with E-state index in [1.807, 2.05) is 0 Å². The van der Waals surface area contributed by atoms with Gasteiger partial charge in [-0.25, -0.2) is 0 Å². The van der Waals surface area contributed by atoms with Crippen LogP contribution in [-0.4, -0.2) is 49.7 Å². The zero-order valence-corrected chi connectivity index (χ0v) is 15.3. The molecule has 2 aliphatic heterocycles. The smallest absolute Gasteiger partial charge is 0.222 e. The number of aliphatic hydroxyl groups is 1. The number of ether oxygens (including phenoxy) is 3. The van der Waals surface area contributed by atoms with E-state index in [0.29, 0.717) is 12.5 Å². The fraction of sp³-hybridized carbons (Fsp3) is 0.700. The Labute approximate surface area is 148 Å². The van der Waals surface area contributed by atoms with E-state index in [-0.39, 0.29) is 11.5 Å². The summed E-state index contributed by atoms with van der Waals surface area (Å²) in [5, 5.41) is 10.4. The molecule has 4 atom stereocenters. The zero-order chi connectivity index (χ0) is 17.4. The summed E-state index contributed by atoms with van der Waals surface area (Å²) in [6, 6.07) is 2.63. The summed E-state index contributed by atoms with van der Waals surface area (Å²) in [6.07, 6.45) is 5.07. The van der Waals surface area contributed by atoms with Crippen LogP contribution in [-0.2, 0) is 16.6 Å². The van der Waals surface area contributed by atoms with E-state index in [9.17, 15) is 5.11 Å².